The molecule has 0 saturated heterocycles. The van der Waals surface area contributed by atoms with Crippen LogP contribution in [0.4, 0.5) is 11.4 Å². The topological polar surface area (TPSA) is 71.5 Å². The molecule has 1 heterocycles. The van der Waals surface area contributed by atoms with Crippen LogP contribution in [0.15, 0.2) is 48.7 Å². The molecular weight excluding hydrogens is 410 g/mol. The van der Waals surface area contributed by atoms with Gasteiger partial charge in [-0.2, -0.15) is 11.8 Å². The van der Waals surface area contributed by atoms with Gasteiger partial charge in [0.25, 0.3) is 0 Å². The molecule has 0 saturated carbocycles. The van der Waals surface area contributed by atoms with Crippen LogP contribution in [0.3, 0.4) is 0 Å². The van der Waals surface area contributed by atoms with Gasteiger partial charge < -0.3 is 15.0 Å². The number of carbonyl (C=O) groups excluding carboxylic acids is 2. The minimum absolute atomic E-state index is 0.112. The number of aryl methyl sites for hydroxylation is 1. The summed E-state index contributed by atoms with van der Waals surface area (Å²) in [6.45, 7) is 1.92. The highest BCUT2D eigenvalue weighted by molar-refractivity contribution is 7.98. The maximum Gasteiger partial charge on any atom is 0.226 e. The van der Waals surface area contributed by atoms with Crippen molar-refractivity contribution in [1.29, 1.82) is 0 Å². The highest BCUT2D eigenvalue weighted by Crippen LogP contribution is 2.33. The van der Waals surface area contributed by atoms with E-state index >= 15 is 0 Å². The Morgan fingerprint density at radius 2 is 1.97 bits per heavy atom. The largest absolute Gasteiger partial charge is 0.457 e. The molecule has 0 fully saturated rings. The third kappa shape index (κ3) is 5.76. The van der Waals surface area contributed by atoms with Crippen molar-refractivity contribution < 1.29 is 14.3 Å². The van der Waals surface area contributed by atoms with Crippen molar-refractivity contribution in [1.82, 2.24) is 4.98 Å². The Kier molecular flexibility index (Phi) is 7.89. The molecule has 1 aromatic heterocycles. The Hall–Kier alpha value is -3.06. The lowest BCUT2D eigenvalue weighted by Crippen LogP contribution is -2.25. The van der Waals surface area contributed by atoms with E-state index in [0.717, 1.165) is 40.7 Å². The van der Waals surface area contributed by atoms with Crippen molar-refractivity contribution >= 4 is 46.4 Å². The average molecular weight is 438 g/mol. The molecule has 31 heavy (non-hydrogen) atoms. The molecule has 1 N–H and O–H groups in total. The lowest BCUT2D eigenvalue weighted by atomic mass is 10.1. The second-order valence-corrected chi connectivity index (χ2v) is 8.24. The molecule has 0 radical (unpaired) electrons. The van der Waals surface area contributed by atoms with Gasteiger partial charge >= 0.3 is 0 Å². The first-order valence-corrected chi connectivity index (χ1v) is 11.6. The highest BCUT2D eigenvalue weighted by atomic mass is 32.2. The number of hydrogen-bond acceptors (Lipinski definition) is 5. The summed E-state index contributed by atoms with van der Waals surface area (Å²) in [4.78, 5) is 29.3. The minimum Gasteiger partial charge on any atom is -0.457 e. The monoisotopic (exact) mass is 437 g/mol. The van der Waals surface area contributed by atoms with Gasteiger partial charge in [0.15, 0.2) is 0 Å². The number of hydrogen-bond donors (Lipinski definition) is 1. The second-order valence-electron chi connectivity index (χ2n) is 7.25. The Balaban J connectivity index is 1.73. The lowest BCUT2D eigenvalue weighted by molar-refractivity contribution is -0.118. The molecule has 3 rings (SSSR count). The van der Waals surface area contributed by atoms with Gasteiger partial charge in [-0.15, -0.1) is 0 Å². The fraction of sp³-hybridized carbons (Fsp3) is 0.292. The molecule has 0 spiro atoms. The van der Waals surface area contributed by atoms with Crippen LogP contribution in [-0.2, 0) is 9.59 Å². The molecule has 0 aliphatic heterocycles. The van der Waals surface area contributed by atoms with Crippen molar-refractivity contribution in [2.75, 3.05) is 29.3 Å². The van der Waals surface area contributed by atoms with Crippen molar-refractivity contribution in [2.45, 2.75) is 26.2 Å². The number of amides is 2. The third-order valence-corrected chi connectivity index (χ3v) is 5.77. The summed E-state index contributed by atoms with van der Waals surface area (Å²) in [6.07, 6.45) is 6.94. The van der Waals surface area contributed by atoms with Crippen LogP contribution >= 0.6 is 11.8 Å². The Labute approximate surface area is 187 Å². The van der Waals surface area contributed by atoms with E-state index < -0.39 is 0 Å². The number of aromatic nitrogens is 1. The van der Waals surface area contributed by atoms with E-state index in [-0.39, 0.29) is 5.91 Å². The van der Waals surface area contributed by atoms with E-state index in [4.69, 9.17) is 4.74 Å². The van der Waals surface area contributed by atoms with Gasteiger partial charge in [0.05, 0.1) is 5.52 Å². The molecule has 3 aromatic rings. The van der Waals surface area contributed by atoms with Crippen LogP contribution in [0.25, 0.3) is 10.9 Å². The fourth-order valence-electron chi connectivity index (χ4n) is 3.28. The molecule has 0 aliphatic carbocycles. The van der Waals surface area contributed by atoms with Crippen LogP contribution in [-0.4, -0.2) is 36.4 Å². The van der Waals surface area contributed by atoms with Crippen LogP contribution in [0.1, 0.15) is 24.8 Å². The summed E-state index contributed by atoms with van der Waals surface area (Å²) in [6, 6.07) is 13.0. The molecule has 162 valence electrons. The summed E-state index contributed by atoms with van der Waals surface area (Å²) in [7, 11) is 1.80. The first kappa shape index (κ1) is 22.6. The van der Waals surface area contributed by atoms with Crippen LogP contribution in [0.2, 0.25) is 0 Å². The summed E-state index contributed by atoms with van der Waals surface area (Å²) in [5, 5.41) is 3.51. The maximum atomic E-state index is 12.4. The minimum atomic E-state index is 0.112. The third-order valence-electron chi connectivity index (χ3n) is 5.08. The van der Waals surface area contributed by atoms with Gasteiger partial charge in [0.1, 0.15) is 11.5 Å². The van der Waals surface area contributed by atoms with Crippen molar-refractivity contribution in [3.05, 3.63) is 54.2 Å². The number of pyridine rings is 1. The predicted octanol–water partition coefficient (Wildman–Crippen LogP) is 5.40. The van der Waals surface area contributed by atoms with Crippen LogP contribution in [0, 0.1) is 6.92 Å². The Bertz CT molecular complexity index is 1050. The summed E-state index contributed by atoms with van der Waals surface area (Å²) in [5.41, 5.74) is 3.26. The number of thioether (sulfide) groups is 1. The SMILES string of the molecule is CSCCCCC(=O)N(C)c1ccc(Oc2ccnc3cc(C)c(NC=O)cc23)cc1. The van der Waals surface area contributed by atoms with E-state index in [0.29, 0.717) is 30.0 Å². The molecule has 0 atom stereocenters. The zero-order valence-electron chi connectivity index (χ0n) is 18.1. The number of unbranched alkanes of at least 4 members (excludes halogenated alkanes) is 1. The predicted molar refractivity (Wildman–Crippen MR) is 128 cm³/mol. The van der Waals surface area contributed by atoms with E-state index in [1.807, 2.05) is 43.3 Å². The maximum absolute atomic E-state index is 12.4. The number of nitrogens with zero attached hydrogens (tertiary/aromatic N) is 2. The zero-order valence-corrected chi connectivity index (χ0v) is 18.9. The standard InChI is InChI=1S/C24H27N3O3S/c1-17-14-22-20(15-21(17)26-16-28)23(11-12-25-22)30-19-9-7-18(8-10-19)27(2)24(29)6-4-5-13-31-3/h7-12,14-16H,4-6,13H2,1-3H3,(H,26,28). The first-order chi connectivity index (χ1) is 15.0. The normalized spacial score (nSPS) is 10.7. The quantitative estimate of drug-likeness (QED) is 0.340. The molecule has 2 amide bonds. The van der Waals surface area contributed by atoms with Crippen LogP contribution in [0.5, 0.6) is 11.5 Å². The summed E-state index contributed by atoms with van der Waals surface area (Å²) < 4.78 is 6.09. The smallest absolute Gasteiger partial charge is 0.226 e. The van der Waals surface area contributed by atoms with Gasteiger partial charge in [0.2, 0.25) is 12.3 Å². The molecule has 0 bridgehead atoms. The Morgan fingerprint density at radius 3 is 2.68 bits per heavy atom. The number of anilines is 2. The molecule has 0 aliphatic rings. The number of ether oxygens (including phenoxy) is 1. The van der Waals surface area contributed by atoms with Crippen LogP contribution < -0.4 is 15.0 Å². The van der Waals surface area contributed by atoms with Crippen molar-refractivity contribution in [3.8, 4) is 11.5 Å². The molecule has 7 heteroatoms. The lowest BCUT2D eigenvalue weighted by Gasteiger charge is -2.18. The summed E-state index contributed by atoms with van der Waals surface area (Å²) in [5.74, 6) is 2.49. The number of benzene rings is 2. The molecule has 6 nitrogen and oxygen atoms in total. The zero-order chi connectivity index (χ0) is 22.2. The molecule has 0 unspecified atom stereocenters. The van der Waals surface area contributed by atoms with Gasteiger partial charge in [0, 0.05) is 36.4 Å². The van der Waals surface area contributed by atoms with E-state index in [9.17, 15) is 9.59 Å². The number of fused-ring (bicyclic) bond motifs is 1. The van der Waals surface area contributed by atoms with Crippen molar-refractivity contribution in [2.24, 2.45) is 0 Å². The number of rotatable bonds is 10. The first-order valence-electron chi connectivity index (χ1n) is 10.2. The average Bonchev–Trinajstić information content (AvgIpc) is 2.78. The summed E-state index contributed by atoms with van der Waals surface area (Å²) >= 11 is 1.80. The van der Waals surface area contributed by atoms with Gasteiger partial charge in [-0.3, -0.25) is 14.6 Å². The highest BCUT2D eigenvalue weighted by Gasteiger charge is 2.12. The molecular formula is C24H27N3O3S. The van der Waals surface area contributed by atoms with Gasteiger partial charge in [-0.25, -0.2) is 0 Å². The van der Waals surface area contributed by atoms with E-state index in [1.54, 1.807) is 36.0 Å². The number of nitrogens with one attached hydrogen (secondary N) is 1. The van der Waals surface area contributed by atoms with E-state index in [1.165, 1.54) is 0 Å². The van der Waals surface area contributed by atoms with Gasteiger partial charge in [-0.05, 0) is 79.8 Å². The number of carbonyl (C=O) groups is 2. The van der Waals surface area contributed by atoms with E-state index in [2.05, 4.69) is 16.6 Å². The second kappa shape index (κ2) is 10.8. The van der Waals surface area contributed by atoms with Gasteiger partial charge in [-0.1, -0.05) is 0 Å². The van der Waals surface area contributed by atoms with Crippen molar-refractivity contribution in [3.63, 3.8) is 0 Å². The Morgan fingerprint density at radius 1 is 1.19 bits per heavy atom. The molecule has 2 aromatic carbocycles. The fourth-order valence-corrected chi connectivity index (χ4v) is 3.77.